The number of piperazine rings is 1. The minimum absolute atomic E-state index is 0.108. The van der Waals surface area contributed by atoms with Crippen molar-refractivity contribution in [3.05, 3.63) is 65.2 Å². The molecule has 1 heterocycles. The maximum Gasteiger partial charge on any atom is 0.321 e. The van der Waals surface area contributed by atoms with Crippen molar-refractivity contribution in [1.82, 2.24) is 15.1 Å². The van der Waals surface area contributed by atoms with Gasteiger partial charge in [-0.2, -0.15) is 0 Å². The van der Waals surface area contributed by atoms with Crippen LogP contribution in [-0.4, -0.2) is 48.0 Å². The number of hydrogen-bond acceptors (Lipinski definition) is 2. The Kier molecular flexibility index (Phi) is 5.96. The van der Waals surface area contributed by atoms with Crippen molar-refractivity contribution in [1.29, 1.82) is 0 Å². The van der Waals surface area contributed by atoms with Gasteiger partial charge >= 0.3 is 12.1 Å². The molecule has 6 nitrogen and oxygen atoms in total. The van der Waals surface area contributed by atoms with Gasteiger partial charge in [-0.1, -0.05) is 48.0 Å². The van der Waals surface area contributed by atoms with E-state index in [4.69, 9.17) is 11.6 Å². The van der Waals surface area contributed by atoms with Crippen molar-refractivity contribution < 1.29 is 9.59 Å². The van der Waals surface area contributed by atoms with Crippen LogP contribution in [0.1, 0.15) is 5.56 Å². The number of nitrogens with one attached hydrogen (secondary N) is 2. The van der Waals surface area contributed by atoms with Crippen LogP contribution < -0.4 is 10.6 Å². The lowest BCUT2D eigenvalue weighted by atomic mass is 10.2. The molecule has 7 heteroatoms. The van der Waals surface area contributed by atoms with Crippen molar-refractivity contribution in [2.45, 2.75) is 6.54 Å². The van der Waals surface area contributed by atoms with E-state index in [2.05, 4.69) is 10.6 Å². The van der Waals surface area contributed by atoms with Gasteiger partial charge in [-0.05, 0) is 23.8 Å². The monoisotopic (exact) mass is 372 g/mol. The Morgan fingerprint density at radius 2 is 1.54 bits per heavy atom. The first-order valence-electron chi connectivity index (χ1n) is 8.50. The fourth-order valence-electron chi connectivity index (χ4n) is 2.77. The Morgan fingerprint density at radius 3 is 2.19 bits per heavy atom. The molecule has 0 saturated carbocycles. The van der Waals surface area contributed by atoms with E-state index in [1.165, 1.54) is 0 Å². The number of hydrogen-bond donors (Lipinski definition) is 2. The molecule has 4 amide bonds. The number of anilines is 1. The first kappa shape index (κ1) is 18.1. The van der Waals surface area contributed by atoms with E-state index in [1.54, 1.807) is 34.1 Å². The van der Waals surface area contributed by atoms with Crippen molar-refractivity contribution in [2.24, 2.45) is 0 Å². The van der Waals surface area contributed by atoms with Gasteiger partial charge in [0.1, 0.15) is 0 Å². The second-order valence-electron chi connectivity index (χ2n) is 6.06. The quantitative estimate of drug-likeness (QED) is 0.867. The third-order valence-electron chi connectivity index (χ3n) is 4.22. The van der Waals surface area contributed by atoms with E-state index in [0.717, 1.165) is 5.56 Å². The lowest BCUT2D eigenvalue weighted by Gasteiger charge is -2.34. The van der Waals surface area contributed by atoms with Crippen LogP contribution in [-0.2, 0) is 6.54 Å². The molecule has 0 bridgehead atoms. The third kappa shape index (κ3) is 4.89. The summed E-state index contributed by atoms with van der Waals surface area (Å²) in [5.41, 5.74) is 1.71. The highest BCUT2D eigenvalue weighted by molar-refractivity contribution is 6.30. The molecular formula is C19H21ClN4O2. The molecule has 1 aliphatic heterocycles. The molecule has 0 atom stereocenters. The van der Waals surface area contributed by atoms with E-state index in [1.807, 2.05) is 30.3 Å². The van der Waals surface area contributed by atoms with Gasteiger partial charge in [-0.3, -0.25) is 0 Å². The van der Waals surface area contributed by atoms with Crippen molar-refractivity contribution in [2.75, 3.05) is 31.5 Å². The summed E-state index contributed by atoms with van der Waals surface area (Å²) in [5, 5.41) is 6.31. The molecule has 1 aliphatic rings. The average Bonchev–Trinajstić information content (AvgIpc) is 2.67. The molecule has 0 spiro atoms. The lowest BCUT2D eigenvalue weighted by Crippen LogP contribution is -2.53. The lowest BCUT2D eigenvalue weighted by molar-refractivity contribution is 0.149. The number of carbonyl (C=O) groups excluding carboxylic acids is 2. The maximum atomic E-state index is 12.3. The Balaban J connectivity index is 1.44. The Labute approximate surface area is 157 Å². The van der Waals surface area contributed by atoms with E-state index in [0.29, 0.717) is 43.4 Å². The number of benzene rings is 2. The first-order chi connectivity index (χ1) is 12.6. The summed E-state index contributed by atoms with van der Waals surface area (Å²) >= 11 is 5.93. The van der Waals surface area contributed by atoms with E-state index in [-0.39, 0.29) is 12.1 Å². The molecule has 2 aromatic rings. The molecule has 1 fully saturated rings. The largest absolute Gasteiger partial charge is 0.334 e. The molecule has 0 aromatic heterocycles. The zero-order chi connectivity index (χ0) is 18.4. The average molecular weight is 373 g/mol. The van der Waals surface area contributed by atoms with Crippen LogP contribution in [0.2, 0.25) is 5.02 Å². The number of amides is 4. The number of urea groups is 2. The second-order valence-corrected chi connectivity index (χ2v) is 6.50. The predicted molar refractivity (Wildman–Crippen MR) is 102 cm³/mol. The van der Waals surface area contributed by atoms with Crippen LogP contribution in [0, 0.1) is 0 Å². The number of halogens is 1. The van der Waals surface area contributed by atoms with Crippen molar-refractivity contribution in [3.63, 3.8) is 0 Å². The van der Waals surface area contributed by atoms with Crippen molar-refractivity contribution >= 4 is 29.4 Å². The SMILES string of the molecule is O=C(NCc1ccccc1)N1CCN(C(=O)Nc2cccc(Cl)c2)CC1. The topological polar surface area (TPSA) is 64.7 Å². The zero-order valence-corrected chi connectivity index (χ0v) is 15.1. The molecule has 2 N–H and O–H groups in total. The number of nitrogens with zero attached hydrogens (tertiary/aromatic N) is 2. The molecule has 3 rings (SSSR count). The van der Waals surface area contributed by atoms with Gasteiger partial charge in [-0.15, -0.1) is 0 Å². The normalized spacial score (nSPS) is 14.0. The van der Waals surface area contributed by atoms with Crippen LogP contribution in [0.15, 0.2) is 54.6 Å². The van der Waals surface area contributed by atoms with Crippen LogP contribution in [0.4, 0.5) is 15.3 Å². The maximum absolute atomic E-state index is 12.3. The standard InChI is InChI=1S/C19H21ClN4O2/c20-16-7-4-8-17(13-16)22-19(26)24-11-9-23(10-12-24)18(25)21-14-15-5-2-1-3-6-15/h1-8,13H,9-12,14H2,(H,21,25)(H,22,26). The summed E-state index contributed by atoms with van der Waals surface area (Å²) < 4.78 is 0. The van der Waals surface area contributed by atoms with Crippen LogP contribution in [0.25, 0.3) is 0 Å². The molecule has 1 saturated heterocycles. The van der Waals surface area contributed by atoms with Crippen LogP contribution in [0.5, 0.6) is 0 Å². The summed E-state index contributed by atoms with van der Waals surface area (Å²) in [6.45, 7) is 2.48. The predicted octanol–water partition coefficient (Wildman–Crippen LogP) is 3.40. The molecule has 2 aromatic carbocycles. The van der Waals surface area contributed by atoms with E-state index < -0.39 is 0 Å². The summed E-state index contributed by atoms with van der Waals surface area (Å²) in [4.78, 5) is 28.0. The van der Waals surface area contributed by atoms with Gasteiger partial charge in [0, 0.05) is 43.4 Å². The smallest absolute Gasteiger partial charge is 0.321 e. The van der Waals surface area contributed by atoms with Gasteiger partial charge < -0.3 is 20.4 Å². The Morgan fingerprint density at radius 1 is 0.885 bits per heavy atom. The highest BCUT2D eigenvalue weighted by Crippen LogP contribution is 2.15. The Bertz CT molecular complexity index is 761. The minimum atomic E-state index is -0.184. The van der Waals surface area contributed by atoms with Crippen LogP contribution >= 0.6 is 11.6 Å². The fraction of sp³-hybridized carbons (Fsp3) is 0.263. The molecule has 136 valence electrons. The molecule has 0 unspecified atom stereocenters. The second kappa shape index (κ2) is 8.58. The summed E-state index contributed by atoms with van der Waals surface area (Å²) in [6.07, 6.45) is 0. The van der Waals surface area contributed by atoms with Gasteiger partial charge in [0.05, 0.1) is 0 Å². The third-order valence-corrected chi connectivity index (χ3v) is 4.45. The first-order valence-corrected chi connectivity index (χ1v) is 8.88. The van der Waals surface area contributed by atoms with Gasteiger partial charge in [0.15, 0.2) is 0 Å². The van der Waals surface area contributed by atoms with Gasteiger partial charge in [0.25, 0.3) is 0 Å². The number of carbonyl (C=O) groups is 2. The van der Waals surface area contributed by atoms with Crippen molar-refractivity contribution in [3.8, 4) is 0 Å². The fourth-order valence-corrected chi connectivity index (χ4v) is 2.96. The molecule has 26 heavy (non-hydrogen) atoms. The van der Waals surface area contributed by atoms with E-state index in [9.17, 15) is 9.59 Å². The molecular weight excluding hydrogens is 352 g/mol. The van der Waals surface area contributed by atoms with Gasteiger partial charge in [-0.25, -0.2) is 9.59 Å². The van der Waals surface area contributed by atoms with Crippen LogP contribution in [0.3, 0.4) is 0 Å². The Hall–Kier alpha value is -2.73. The summed E-state index contributed by atoms with van der Waals surface area (Å²) in [7, 11) is 0. The molecule has 0 aliphatic carbocycles. The highest BCUT2D eigenvalue weighted by Gasteiger charge is 2.24. The van der Waals surface area contributed by atoms with E-state index >= 15 is 0 Å². The highest BCUT2D eigenvalue weighted by atomic mass is 35.5. The summed E-state index contributed by atoms with van der Waals surface area (Å²) in [6, 6.07) is 16.5. The zero-order valence-electron chi connectivity index (χ0n) is 14.3. The minimum Gasteiger partial charge on any atom is -0.334 e. The molecule has 0 radical (unpaired) electrons. The summed E-state index contributed by atoms with van der Waals surface area (Å²) in [5.74, 6) is 0. The van der Waals surface area contributed by atoms with Gasteiger partial charge in [0.2, 0.25) is 0 Å². The number of rotatable bonds is 3.